The topological polar surface area (TPSA) is 86.5 Å². The van der Waals surface area contributed by atoms with Crippen LogP contribution in [0.1, 0.15) is 12.8 Å². The van der Waals surface area contributed by atoms with E-state index < -0.39 is 0 Å². The lowest BCUT2D eigenvalue weighted by molar-refractivity contribution is -0.119. The van der Waals surface area contributed by atoms with Crippen molar-refractivity contribution in [2.45, 2.75) is 24.2 Å². The molecule has 8 heteroatoms. The van der Waals surface area contributed by atoms with Gasteiger partial charge in [0.1, 0.15) is 5.75 Å². The molecule has 0 radical (unpaired) electrons. The van der Waals surface area contributed by atoms with Crippen molar-refractivity contribution >= 4 is 17.7 Å². The number of amides is 1. The Balaban J connectivity index is 1.47. The van der Waals surface area contributed by atoms with E-state index >= 15 is 0 Å². The maximum absolute atomic E-state index is 11.8. The second kappa shape index (κ2) is 8.16. The van der Waals surface area contributed by atoms with Gasteiger partial charge in [-0.2, -0.15) is 0 Å². The van der Waals surface area contributed by atoms with Crippen LogP contribution in [0.25, 0.3) is 11.5 Å². The fourth-order valence-electron chi connectivity index (χ4n) is 2.33. The number of methoxy groups -OCH3 is 1. The van der Waals surface area contributed by atoms with Gasteiger partial charge in [0.05, 0.1) is 19.0 Å². The molecule has 24 heavy (non-hydrogen) atoms. The molecule has 1 N–H and O–H groups in total. The molecule has 0 unspecified atom stereocenters. The Kier molecular flexibility index (Phi) is 5.71. The van der Waals surface area contributed by atoms with Crippen LogP contribution in [-0.2, 0) is 9.53 Å². The van der Waals surface area contributed by atoms with Gasteiger partial charge in [0.25, 0.3) is 5.22 Å². The Labute approximate surface area is 144 Å². The molecule has 3 rings (SSSR count). The summed E-state index contributed by atoms with van der Waals surface area (Å²) in [6.45, 7) is 1.34. The number of thioether (sulfide) groups is 1. The summed E-state index contributed by atoms with van der Waals surface area (Å²) in [6, 6.07) is 7.33. The molecule has 128 valence electrons. The Morgan fingerprint density at radius 3 is 2.92 bits per heavy atom. The van der Waals surface area contributed by atoms with Crippen molar-refractivity contribution in [2.24, 2.45) is 0 Å². The SMILES string of the molecule is COc1ccc(-c2nnc(SCC(=O)NC[C@H]3CCCO3)o2)cc1. The molecular weight excluding hydrogens is 330 g/mol. The molecule has 7 nitrogen and oxygen atoms in total. The van der Waals surface area contributed by atoms with E-state index in [1.807, 2.05) is 24.3 Å². The molecule has 1 saturated heterocycles. The van der Waals surface area contributed by atoms with E-state index in [9.17, 15) is 4.79 Å². The van der Waals surface area contributed by atoms with Gasteiger partial charge in [-0.15, -0.1) is 10.2 Å². The van der Waals surface area contributed by atoms with Crippen LogP contribution in [0.4, 0.5) is 0 Å². The smallest absolute Gasteiger partial charge is 0.277 e. The number of nitrogens with one attached hydrogen (secondary N) is 1. The minimum Gasteiger partial charge on any atom is -0.497 e. The number of rotatable bonds is 7. The average Bonchev–Trinajstić information content (AvgIpc) is 3.30. The highest BCUT2D eigenvalue weighted by molar-refractivity contribution is 7.99. The van der Waals surface area contributed by atoms with Crippen molar-refractivity contribution in [2.75, 3.05) is 26.0 Å². The molecule has 2 aromatic rings. The van der Waals surface area contributed by atoms with E-state index in [2.05, 4.69) is 15.5 Å². The van der Waals surface area contributed by atoms with Gasteiger partial charge in [-0.05, 0) is 37.1 Å². The molecule has 1 aliphatic heterocycles. The van der Waals surface area contributed by atoms with Gasteiger partial charge in [-0.1, -0.05) is 11.8 Å². The van der Waals surface area contributed by atoms with Crippen molar-refractivity contribution in [1.82, 2.24) is 15.5 Å². The molecule has 1 aromatic heterocycles. The van der Waals surface area contributed by atoms with Gasteiger partial charge in [-0.3, -0.25) is 4.79 Å². The highest BCUT2D eigenvalue weighted by Crippen LogP contribution is 2.24. The van der Waals surface area contributed by atoms with Gasteiger partial charge >= 0.3 is 0 Å². The van der Waals surface area contributed by atoms with Crippen LogP contribution in [0.3, 0.4) is 0 Å². The minimum atomic E-state index is -0.0697. The third-order valence-electron chi connectivity index (χ3n) is 3.62. The second-order valence-corrected chi connectivity index (χ2v) is 6.26. The number of benzene rings is 1. The first-order valence-electron chi connectivity index (χ1n) is 7.73. The van der Waals surface area contributed by atoms with Crippen LogP contribution in [0.5, 0.6) is 5.75 Å². The van der Waals surface area contributed by atoms with Crippen LogP contribution >= 0.6 is 11.8 Å². The number of aromatic nitrogens is 2. The van der Waals surface area contributed by atoms with Gasteiger partial charge in [0, 0.05) is 18.7 Å². The molecule has 0 bridgehead atoms. The van der Waals surface area contributed by atoms with Crippen LogP contribution in [0, 0.1) is 0 Å². The van der Waals surface area contributed by atoms with E-state index in [-0.39, 0.29) is 17.8 Å². The Bertz CT molecular complexity index is 668. The number of carbonyl (C=O) groups excluding carboxylic acids is 1. The normalized spacial score (nSPS) is 17.0. The lowest BCUT2D eigenvalue weighted by Crippen LogP contribution is -2.32. The molecule has 1 atom stereocenters. The van der Waals surface area contributed by atoms with Crippen LogP contribution < -0.4 is 10.1 Å². The summed E-state index contributed by atoms with van der Waals surface area (Å²) in [7, 11) is 1.61. The van der Waals surface area contributed by atoms with Gasteiger partial charge in [0.2, 0.25) is 11.8 Å². The Hall–Kier alpha value is -2.06. The van der Waals surface area contributed by atoms with Crippen molar-refractivity contribution in [3.8, 4) is 17.2 Å². The highest BCUT2D eigenvalue weighted by Gasteiger charge is 2.17. The lowest BCUT2D eigenvalue weighted by atomic mass is 10.2. The predicted octanol–water partition coefficient (Wildman–Crippen LogP) is 2.13. The quantitative estimate of drug-likeness (QED) is 0.766. The first kappa shape index (κ1) is 16.8. The number of nitrogens with zero attached hydrogens (tertiary/aromatic N) is 2. The monoisotopic (exact) mass is 349 g/mol. The van der Waals surface area contributed by atoms with Crippen LogP contribution in [-0.4, -0.2) is 48.2 Å². The predicted molar refractivity (Wildman–Crippen MR) is 89.0 cm³/mol. The lowest BCUT2D eigenvalue weighted by Gasteiger charge is -2.09. The van der Waals surface area contributed by atoms with E-state index in [0.717, 1.165) is 30.8 Å². The second-order valence-electron chi connectivity index (χ2n) is 5.33. The molecule has 1 aliphatic rings. The van der Waals surface area contributed by atoms with E-state index in [4.69, 9.17) is 13.9 Å². The molecule has 1 aromatic carbocycles. The zero-order chi connectivity index (χ0) is 16.8. The van der Waals surface area contributed by atoms with Crippen molar-refractivity contribution in [3.05, 3.63) is 24.3 Å². The Morgan fingerprint density at radius 2 is 2.21 bits per heavy atom. The summed E-state index contributed by atoms with van der Waals surface area (Å²) in [5, 5.41) is 11.2. The van der Waals surface area contributed by atoms with Crippen LogP contribution in [0.2, 0.25) is 0 Å². The van der Waals surface area contributed by atoms with E-state index in [0.29, 0.717) is 17.7 Å². The number of hydrogen-bond donors (Lipinski definition) is 1. The first-order chi connectivity index (χ1) is 11.7. The number of hydrogen-bond acceptors (Lipinski definition) is 7. The van der Waals surface area contributed by atoms with Gasteiger partial charge < -0.3 is 19.2 Å². The molecule has 0 saturated carbocycles. The third-order valence-corrected chi connectivity index (χ3v) is 4.44. The van der Waals surface area contributed by atoms with Crippen molar-refractivity contribution in [1.29, 1.82) is 0 Å². The third kappa shape index (κ3) is 4.48. The zero-order valence-electron chi connectivity index (χ0n) is 13.4. The van der Waals surface area contributed by atoms with Crippen molar-refractivity contribution < 1.29 is 18.7 Å². The first-order valence-corrected chi connectivity index (χ1v) is 8.72. The average molecular weight is 349 g/mol. The zero-order valence-corrected chi connectivity index (χ0v) is 14.2. The maximum atomic E-state index is 11.8. The minimum absolute atomic E-state index is 0.0697. The molecule has 1 amide bonds. The highest BCUT2D eigenvalue weighted by atomic mass is 32.2. The fourth-order valence-corrected chi connectivity index (χ4v) is 2.92. The summed E-state index contributed by atoms with van der Waals surface area (Å²) in [4.78, 5) is 11.8. The van der Waals surface area contributed by atoms with E-state index in [1.165, 1.54) is 11.8 Å². The van der Waals surface area contributed by atoms with Gasteiger partial charge in [-0.25, -0.2) is 0 Å². The van der Waals surface area contributed by atoms with E-state index in [1.54, 1.807) is 7.11 Å². The molecule has 1 fully saturated rings. The van der Waals surface area contributed by atoms with Crippen molar-refractivity contribution in [3.63, 3.8) is 0 Å². The largest absolute Gasteiger partial charge is 0.497 e. The molecule has 0 spiro atoms. The van der Waals surface area contributed by atoms with Crippen LogP contribution in [0.15, 0.2) is 33.9 Å². The number of ether oxygens (including phenoxy) is 2. The standard InChI is InChI=1S/C16H19N3O4S/c1-21-12-6-4-11(5-7-12)15-18-19-16(23-15)24-10-14(20)17-9-13-3-2-8-22-13/h4-7,13H,2-3,8-10H2,1H3,(H,17,20)/t13-/m1/s1. The molecule has 0 aliphatic carbocycles. The van der Waals surface area contributed by atoms with Gasteiger partial charge in [0.15, 0.2) is 0 Å². The number of carbonyl (C=O) groups is 1. The Morgan fingerprint density at radius 1 is 1.38 bits per heavy atom. The molecular formula is C16H19N3O4S. The fraction of sp³-hybridized carbons (Fsp3) is 0.438. The summed E-state index contributed by atoms with van der Waals surface area (Å²) in [6.07, 6.45) is 2.21. The summed E-state index contributed by atoms with van der Waals surface area (Å²) in [5.41, 5.74) is 0.804. The molecule has 2 heterocycles. The summed E-state index contributed by atoms with van der Waals surface area (Å²) < 4.78 is 16.1. The summed E-state index contributed by atoms with van der Waals surface area (Å²) in [5.74, 6) is 1.34. The maximum Gasteiger partial charge on any atom is 0.277 e. The summed E-state index contributed by atoms with van der Waals surface area (Å²) >= 11 is 1.22.